The Morgan fingerprint density at radius 3 is 2.59 bits per heavy atom. The lowest BCUT2D eigenvalue weighted by Crippen LogP contribution is -2.49. The Morgan fingerprint density at radius 2 is 1.94 bits per heavy atom. The van der Waals surface area contributed by atoms with Gasteiger partial charge in [-0.2, -0.15) is 18.3 Å². The zero-order valence-corrected chi connectivity index (χ0v) is 17.0. The van der Waals surface area contributed by atoms with Crippen molar-refractivity contribution in [2.24, 2.45) is 0 Å². The average Bonchev–Trinajstić information content (AvgIpc) is 3.48. The normalized spacial score (nSPS) is 21.2. The zero-order valence-electron chi connectivity index (χ0n) is 17.0. The Morgan fingerprint density at radius 1 is 1.12 bits per heavy atom. The third kappa shape index (κ3) is 3.78. The summed E-state index contributed by atoms with van der Waals surface area (Å²) in [6.07, 6.45) is -1.65. The molecule has 11 heteroatoms. The number of halogens is 3. The van der Waals surface area contributed by atoms with Crippen molar-refractivity contribution in [2.75, 3.05) is 36.4 Å². The summed E-state index contributed by atoms with van der Waals surface area (Å²) < 4.78 is 47.5. The van der Waals surface area contributed by atoms with E-state index in [9.17, 15) is 18.0 Å². The largest absolute Gasteiger partial charge is 0.467 e. The van der Waals surface area contributed by atoms with Crippen LogP contribution in [0.4, 0.5) is 24.8 Å². The SMILES string of the molecule is O=C(c1cc2n(n1)[C@H](C(F)(F)F)C[C@H](c1ccco1)N2)N1CCN(c2ccccn2)CC1. The number of hydrogen-bond acceptors (Lipinski definition) is 6. The molecular weight excluding hydrogens is 425 g/mol. The highest BCUT2D eigenvalue weighted by molar-refractivity contribution is 5.93. The van der Waals surface area contributed by atoms with Crippen molar-refractivity contribution in [1.29, 1.82) is 0 Å². The van der Waals surface area contributed by atoms with Crippen LogP contribution in [0.5, 0.6) is 0 Å². The quantitative estimate of drug-likeness (QED) is 0.664. The van der Waals surface area contributed by atoms with Crippen molar-refractivity contribution in [3.8, 4) is 0 Å². The van der Waals surface area contributed by atoms with E-state index in [0.717, 1.165) is 10.5 Å². The number of nitrogens with zero attached hydrogens (tertiary/aromatic N) is 5. The fourth-order valence-electron chi connectivity index (χ4n) is 4.20. The summed E-state index contributed by atoms with van der Waals surface area (Å²) in [7, 11) is 0. The van der Waals surface area contributed by atoms with Crippen molar-refractivity contribution in [3.63, 3.8) is 0 Å². The number of nitrogens with one attached hydrogen (secondary N) is 1. The molecule has 0 radical (unpaired) electrons. The van der Waals surface area contributed by atoms with Gasteiger partial charge in [0.15, 0.2) is 11.7 Å². The van der Waals surface area contributed by atoms with Gasteiger partial charge in [0.1, 0.15) is 17.4 Å². The summed E-state index contributed by atoms with van der Waals surface area (Å²) in [5.41, 5.74) is -0.00636. The summed E-state index contributed by atoms with van der Waals surface area (Å²) in [6, 6.07) is 7.77. The minimum atomic E-state index is -4.51. The van der Waals surface area contributed by atoms with Gasteiger partial charge >= 0.3 is 6.18 Å². The van der Waals surface area contributed by atoms with E-state index in [4.69, 9.17) is 4.42 Å². The van der Waals surface area contributed by atoms with Gasteiger partial charge in [0.2, 0.25) is 0 Å². The Bertz CT molecular complexity index is 1070. The van der Waals surface area contributed by atoms with Crippen LogP contribution in [0, 0.1) is 0 Å². The molecule has 0 saturated carbocycles. The number of furan rings is 1. The van der Waals surface area contributed by atoms with Gasteiger partial charge in [-0.1, -0.05) is 6.07 Å². The summed E-state index contributed by atoms with van der Waals surface area (Å²) in [6.45, 7) is 2.03. The highest BCUT2D eigenvalue weighted by atomic mass is 19.4. The van der Waals surface area contributed by atoms with Gasteiger partial charge in [0, 0.05) is 44.9 Å². The molecule has 5 rings (SSSR count). The molecule has 5 heterocycles. The third-order valence-electron chi connectivity index (χ3n) is 5.84. The Kier molecular flexibility index (Phi) is 5.03. The predicted octanol–water partition coefficient (Wildman–Crippen LogP) is 3.49. The Hall–Kier alpha value is -3.50. The second-order valence-electron chi connectivity index (χ2n) is 7.83. The van der Waals surface area contributed by atoms with Crippen molar-refractivity contribution in [2.45, 2.75) is 24.7 Å². The van der Waals surface area contributed by atoms with E-state index in [1.54, 1.807) is 23.2 Å². The molecule has 3 aromatic rings. The molecule has 0 bridgehead atoms. The summed E-state index contributed by atoms with van der Waals surface area (Å²) in [5.74, 6) is 1.00. The maximum Gasteiger partial charge on any atom is 0.410 e. The van der Waals surface area contributed by atoms with Crippen LogP contribution in [-0.4, -0.2) is 57.9 Å². The van der Waals surface area contributed by atoms with Crippen LogP contribution in [-0.2, 0) is 0 Å². The van der Waals surface area contributed by atoms with Crippen molar-refractivity contribution >= 4 is 17.5 Å². The third-order valence-corrected chi connectivity index (χ3v) is 5.84. The van der Waals surface area contributed by atoms with Gasteiger partial charge in [-0.05, 0) is 24.3 Å². The zero-order chi connectivity index (χ0) is 22.3. The topological polar surface area (TPSA) is 79.4 Å². The average molecular weight is 446 g/mol. The van der Waals surface area contributed by atoms with Gasteiger partial charge in [-0.15, -0.1) is 0 Å². The molecule has 8 nitrogen and oxygen atoms in total. The molecule has 2 aliphatic heterocycles. The first-order valence-electron chi connectivity index (χ1n) is 10.3. The molecular formula is C21H21F3N6O2. The maximum atomic E-state index is 13.8. The monoisotopic (exact) mass is 446 g/mol. The number of anilines is 2. The molecule has 32 heavy (non-hydrogen) atoms. The van der Waals surface area contributed by atoms with Crippen LogP contribution in [0.3, 0.4) is 0 Å². The molecule has 1 N–H and O–H groups in total. The van der Waals surface area contributed by atoms with Crippen LogP contribution < -0.4 is 10.2 Å². The molecule has 0 spiro atoms. The van der Waals surface area contributed by atoms with Crippen molar-refractivity contribution in [3.05, 3.63) is 60.3 Å². The van der Waals surface area contributed by atoms with E-state index in [2.05, 4.69) is 20.3 Å². The van der Waals surface area contributed by atoms with E-state index >= 15 is 0 Å². The molecule has 2 atom stereocenters. The van der Waals surface area contributed by atoms with E-state index < -0.39 is 18.3 Å². The minimum Gasteiger partial charge on any atom is -0.467 e. The fraction of sp³-hybridized carbons (Fsp3) is 0.381. The second-order valence-corrected chi connectivity index (χ2v) is 7.83. The molecule has 3 aromatic heterocycles. The lowest BCUT2D eigenvalue weighted by molar-refractivity contribution is -0.174. The summed E-state index contributed by atoms with van der Waals surface area (Å²) in [5, 5.41) is 7.08. The fourth-order valence-corrected chi connectivity index (χ4v) is 4.20. The number of hydrogen-bond donors (Lipinski definition) is 1. The van der Waals surface area contributed by atoms with Gasteiger partial charge in [0.05, 0.1) is 12.3 Å². The molecule has 0 aliphatic carbocycles. The number of fused-ring (bicyclic) bond motifs is 1. The Balaban J connectivity index is 1.34. The molecule has 0 unspecified atom stereocenters. The summed E-state index contributed by atoms with van der Waals surface area (Å²) >= 11 is 0. The number of carbonyl (C=O) groups is 1. The van der Waals surface area contributed by atoms with Gasteiger partial charge in [0.25, 0.3) is 5.91 Å². The maximum absolute atomic E-state index is 13.8. The van der Waals surface area contributed by atoms with Crippen LogP contribution in [0.1, 0.15) is 34.8 Å². The molecule has 168 valence electrons. The number of amides is 1. The standard InChI is InChI=1S/C21H21F3N6O2/c22-21(23,24)17-12-14(16-4-3-11-32-16)26-19-13-15(27-30(17)19)20(31)29-9-7-28(8-10-29)18-5-1-2-6-25-18/h1-6,11,13-14,17,26H,7-10,12H2/t14-,17+/m1/s1. The lowest BCUT2D eigenvalue weighted by Gasteiger charge is -2.35. The molecule has 1 saturated heterocycles. The van der Waals surface area contributed by atoms with Gasteiger partial charge in [-0.25, -0.2) is 9.67 Å². The molecule has 1 amide bonds. The van der Waals surface area contributed by atoms with Crippen LogP contribution in [0.25, 0.3) is 0 Å². The molecule has 1 fully saturated rings. The van der Waals surface area contributed by atoms with E-state index in [1.807, 2.05) is 18.2 Å². The van der Waals surface area contributed by atoms with Crippen LogP contribution in [0.15, 0.2) is 53.3 Å². The lowest BCUT2D eigenvalue weighted by atomic mass is 10.0. The van der Waals surface area contributed by atoms with Crippen LogP contribution in [0.2, 0.25) is 0 Å². The number of pyridine rings is 1. The van der Waals surface area contributed by atoms with Crippen LogP contribution >= 0.6 is 0 Å². The predicted molar refractivity (Wildman–Crippen MR) is 109 cm³/mol. The number of alkyl halides is 3. The number of aromatic nitrogens is 3. The first-order valence-corrected chi connectivity index (χ1v) is 10.3. The van der Waals surface area contributed by atoms with Crippen molar-refractivity contribution < 1.29 is 22.4 Å². The molecule has 2 aliphatic rings. The Labute approximate surface area is 181 Å². The number of piperazine rings is 1. The number of rotatable bonds is 3. The summed E-state index contributed by atoms with van der Waals surface area (Å²) in [4.78, 5) is 21.0. The highest BCUT2D eigenvalue weighted by Crippen LogP contribution is 2.43. The van der Waals surface area contributed by atoms with E-state index in [0.29, 0.717) is 31.9 Å². The highest BCUT2D eigenvalue weighted by Gasteiger charge is 2.47. The van der Waals surface area contributed by atoms with E-state index in [1.165, 1.54) is 12.3 Å². The smallest absolute Gasteiger partial charge is 0.410 e. The van der Waals surface area contributed by atoms with Crippen molar-refractivity contribution in [1.82, 2.24) is 19.7 Å². The first-order chi connectivity index (χ1) is 15.4. The van der Waals surface area contributed by atoms with Gasteiger partial charge in [-0.3, -0.25) is 4.79 Å². The molecule has 0 aromatic carbocycles. The second kappa shape index (κ2) is 7.88. The first kappa shape index (κ1) is 20.4. The van der Waals surface area contributed by atoms with E-state index in [-0.39, 0.29) is 23.8 Å². The van der Waals surface area contributed by atoms with Gasteiger partial charge < -0.3 is 19.5 Å². The number of carbonyl (C=O) groups excluding carboxylic acids is 1. The minimum absolute atomic E-state index is 0.00636.